The Hall–Kier alpha value is -2.06. The quantitative estimate of drug-likeness (QED) is 0.697. The number of nitrogens with one attached hydrogen (secondary N) is 1. The molecule has 2 nitrogen and oxygen atoms in total. The van der Waals surface area contributed by atoms with Crippen molar-refractivity contribution in [1.82, 2.24) is 4.98 Å². The van der Waals surface area contributed by atoms with Gasteiger partial charge in [-0.15, -0.1) is 0 Å². The Morgan fingerprint density at radius 1 is 1.06 bits per heavy atom. The van der Waals surface area contributed by atoms with Crippen LogP contribution in [0.2, 0.25) is 0 Å². The van der Waals surface area contributed by atoms with Crippen molar-refractivity contribution in [3.8, 4) is 11.1 Å². The SMILES string of the molecule is C[C@H](N)c1ccc2c(-c3ccccc3)c[nH]c2c1. The molecule has 1 atom stereocenters. The van der Waals surface area contributed by atoms with E-state index in [4.69, 9.17) is 5.73 Å². The Morgan fingerprint density at radius 2 is 1.83 bits per heavy atom. The second kappa shape index (κ2) is 4.31. The minimum Gasteiger partial charge on any atom is -0.361 e. The zero-order valence-corrected chi connectivity index (χ0v) is 10.4. The zero-order chi connectivity index (χ0) is 12.5. The summed E-state index contributed by atoms with van der Waals surface area (Å²) in [6, 6.07) is 16.9. The van der Waals surface area contributed by atoms with E-state index < -0.39 is 0 Å². The normalized spacial score (nSPS) is 12.8. The molecule has 3 aromatic rings. The first-order chi connectivity index (χ1) is 8.75. The minimum atomic E-state index is 0.0675. The molecule has 0 amide bonds. The number of rotatable bonds is 2. The predicted molar refractivity (Wildman–Crippen MR) is 76.3 cm³/mol. The molecule has 0 spiro atoms. The van der Waals surface area contributed by atoms with E-state index >= 15 is 0 Å². The standard InChI is InChI=1S/C16H16N2/c1-11(17)13-7-8-14-15(10-18-16(14)9-13)12-5-3-2-4-6-12/h2-11,18H,17H2,1H3/t11-/m0/s1. The van der Waals surface area contributed by atoms with E-state index in [1.165, 1.54) is 16.5 Å². The van der Waals surface area contributed by atoms with Gasteiger partial charge in [0, 0.05) is 28.7 Å². The van der Waals surface area contributed by atoms with Gasteiger partial charge in [0.25, 0.3) is 0 Å². The Morgan fingerprint density at radius 3 is 2.56 bits per heavy atom. The van der Waals surface area contributed by atoms with Crippen LogP contribution in [0, 0.1) is 0 Å². The lowest BCUT2D eigenvalue weighted by Crippen LogP contribution is -2.04. The van der Waals surface area contributed by atoms with E-state index in [0.29, 0.717) is 0 Å². The number of hydrogen-bond acceptors (Lipinski definition) is 1. The van der Waals surface area contributed by atoms with Crippen LogP contribution in [0.15, 0.2) is 54.7 Å². The summed E-state index contributed by atoms with van der Waals surface area (Å²) in [5.41, 5.74) is 10.7. The maximum Gasteiger partial charge on any atom is 0.0463 e. The average Bonchev–Trinajstić information content (AvgIpc) is 2.82. The molecule has 0 saturated heterocycles. The molecule has 0 fully saturated rings. The van der Waals surface area contributed by atoms with Gasteiger partial charge >= 0.3 is 0 Å². The van der Waals surface area contributed by atoms with Crippen molar-refractivity contribution in [2.75, 3.05) is 0 Å². The number of fused-ring (bicyclic) bond motifs is 1. The summed E-state index contributed by atoms with van der Waals surface area (Å²) in [5.74, 6) is 0. The molecule has 18 heavy (non-hydrogen) atoms. The van der Waals surface area contributed by atoms with Crippen molar-refractivity contribution in [2.24, 2.45) is 5.73 Å². The van der Waals surface area contributed by atoms with Crippen LogP contribution in [-0.4, -0.2) is 4.98 Å². The third kappa shape index (κ3) is 1.81. The molecule has 0 aliphatic heterocycles. The van der Waals surface area contributed by atoms with Crippen molar-refractivity contribution in [3.63, 3.8) is 0 Å². The summed E-state index contributed by atoms with van der Waals surface area (Å²) >= 11 is 0. The highest BCUT2D eigenvalue weighted by Crippen LogP contribution is 2.29. The van der Waals surface area contributed by atoms with Crippen LogP contribution in [0.1, 0.15) is 18.5 Å². The van der Waals surface area contributed by atoms with Crippen LogP contribution in [0.4, 0.5) is 0 Å². The van der Waals surface area contributed by atoms with Crippen LogP contribution in [-0.2, 0) is 0 Å². The highest BCUT2D eigenvalue weighted by molar-refractivity contribution is 5.95. The fourth-order valence-electron chi connectivity index (χ4n) is 2.28. The molecule has 90 valence electrons. The molecule has 0 radical (unpaired) electrons. The molecule has 0 unspecified atom stereocenters. The van der Waals surface area contributed by atoms with Crippen LogP contribution in [0.3, 0.4) is 0 Å². The van der Waals surface area contributed by atoms with E-state index in [1.54, 1.807) is 0 Å². The van der Waals surface area contributed by atoms with Crippen molar-refractivity contribution in [3.05, 3.63) is 60.3 Å². The van der Waals surface area contributed by atoms with Gasteiger partial charge in [0.2, 0.25) is 0 Å². The van der Waals surface area contributed by atoms with Gasteiger partial charge in [0.05, 0.1) is 0 Å². The maximum atomic E-state index is 5.91. The lowest BCUT2D eigenvalue weighted by atomic mass is 10.0. The molecule has 2 heteroatoms. The van der Waals surface area contributed by atoms with Gasteiger partial charge < -0.3 is 10.7 Å². The summed E-state index contributed by atoms with van der Waals surface area (Å²) in [6.45, 7) is 2.00. The molecule has 3 rings (SSSR count). The largest absolute Gasteiger partial charge is 0.361 e. The number of benzene rings is 2. The first kappa shape index (κ1) is 11.1. The lowest BCUT2D eigenvalue weighted by Gasteiger charge is -2.05. The van der Waals surface area contributed by atoms with E-state index in [9.17, 15) is 0 Å². The van der Waals surface area contributed by atoms with Crippen LogP contribution < -0.4 is 5.73 Å². The monoisotopic (exact) mass is 236 g/mol. The topological polar surface area (TPSA) is 41.8 Å². The van der Waals surface area contributed by atoms with Gasteiger partial charge in [-0.05, 0) is 24.1 Å². The number of aromatic nitrogens is 1. The van der Waals surface area contributed by atoms with Gasteiger partial charge in [-0.3, -0.25) is 0 Å². The molecule has 1 aromatic heterocycles. The molecule has 0 bridgehead atoms. The first-order valence-corrected chi connectivity index (χ1v) is 6.18. The molecule has 2 aromatic carbocycles. The van der Waals surface area contributed by atoms with Gasteiger partial charge in [0.15, 0.2) is 0 Å². The Kier molecular flexibility index (Phi) is 2.65. The highest BCUT2D eigenvalue weighted by Gasteiger charge is 2.07. The third-order valence-electron chi connectivity index (χ3n) is 3.32. The molecular weight excluding hydrogens is 220 g/mol. The van der Waals surface area contributed by atoms with Crippen LogP contribution >= 0.6 is 0 Å². The molecule has 0 saturated carbocycles. The second-order valence-corrected chi connectivity index (χ2v) is 4.66. The van der Waals surface area contributed by atoms with Crippen molar-refractivity contribution in [2.45, 2.75) is 13.0 Å². The summed E-state index contributed by atoms with van der Waals surface area (Å²) < 4.78 is 0. The number of hydrogen-bond donors (Lipinski definition) is 2. The Labute approximate surface area is 106 Å². The smallest absolute Gasteiger partial charge is 0.0463 e. The Bertz CT molecular complexity index is 666. The summed E-state index contributed by atoms with van der Waals surface area (Å²) in [4.78, 5) is 3.33. The molecule has 0 aliphatic carbocycles. The predicted octanol–water partition coefficient (Wildman–Crippen LogP) is 3.85. The zero-order valence-electron chi connectivity index (χ0n) is 10.4. The first-order valence-electron chi connectivity index (χ1n) is 6.18. The average molecular weight is 236 g/mol. The summed E-state index contributed by atoms with van der Waals surface area (Å²) in [7, 11) is 0. The highest BCUT2D eigenvalue weighted by atomic mass is 14.7. The third-order valence-corrected chi connectivity index (χ3v) is 3.32. The number of aromatic amines is 1. The molecule has 3 N–H and O–H groups in total. The van der Waals surface area contributed by atoms with Crippen molar-refractivity contribution >= 4 is 10.9 Å². The fraction of sp³-hybridized carbons (Fsp3) is 0.125. The molecule has 0 aliphatic rings. The fourth-order valence-corrected chi connectivity index (χ4v) is 2.28. The van der Waals surface area contributed by atoms with E-state index in [2.05, 4.69) is 53.6 Å². The number of H-pyrrole nitrogens is 1. The van der Waals surface area contributed by atoms with Gasteiger partial charge in [0.1, 0.15) is 0 Å². The van der Waals surface area contributed by atoms with Crippen LogP contribution in [0.5, 0.6) is 0 Å². The van der Waals surface area contributed by atoms with Crippen LogP contribution in [0.25, 0.3) is 22.0 Å². The maximum absolute atomic E-state index is 5.91. The van der Waals surface area contributed by atoms with E-state index in [-0.39, 0.29) is 6.04 Å². The Balaban J connectivity index is 2.16. The second-order valence-electron chi connectivity index (χ2n) is 4.66. The summed E-state index contributed by atoms with van der Waals surface area (Å²) in [5, 5.41) is 1.24. The van der Waals surface area contributed by atoms with Gasteiger partial charge in [-0.2, -0.15) is 0 Å². The minimum absolute atomic E-state index is 0.0675. The lowest BCUT2D eigenvalue weighted by molar-refractivity contribution is 0.820. The van der Waals surface area contributed by atoms with Crippen molar-refractivity contribution in [1.29, 1.82) is 0 Å². The number of nitrogens with two attached hydrogens (primary N) is 1. The van der Waals surface area contributed by atoms with Crippen molar-refractivity contribution < 1.29 is 0 Å². The van der Waals surface area contributed by atoms with E-state index in [1.807, 2.05) is 13.0 Å². The molecule has 1 heterocycles. The van der Waals surface area contributed by atoms with Gasteiger partial charge in [-0.1, -0.05) is 42.5 Å². The van der Waals surface area contributed by atoms with Gasteiger partial charge in [-0.25, -0.2) is 0 Å². The summed E-state index contributed by atoms with van der Waals surface area (Å²) in [6.07, 6.45) is 2.06. The molecular formula is C16H16N2. The van der Waals surface area contributed by atoms with E-state index in [0.717, 1.165) is 11.1 Å².